The van der Waals surface area contributed by atoms with Crippen molar-refractivity contribution in [2.24, 2.45) is 0 Å². The molecule has 0 fully saturated rings. The number of nitrogens with zero attached hydrogens (tertiary/aromatic N) is 2. The van der Waals surface area contributed by atoms with E-state index in [1.165, 1.54) is 18.5 Å². The molecule has 3 aromatic rings. The number of ether oxygens (including phenoxy) is 1. The first-order valence-corrected chi connectivity index (χ1v) is 7.02. The van der Waals surface area contributed by atoms with Crippen LogP contribution in [0.15, 0.2) is 62.4 Å². The molecule has 0 aliphatic rings. The van der Waals surface area contributed by atoms with Crippen molar-refractivity contribution in [3.63, 3.8) is 0 Å². The quantitative estimate of drug-likeness (QED) is 0.401. The number of esters is 1. The average molecular weight is 361 g/mol. The Morgan fingerprint density at radius 2 is 2.00 bits per heavy atom. The molecule has 0 radical (unpaired) electrons. The topological polar surface area (TPSA) is 78.4 Å². The van der Waals surface area contributed by atoms with Crippen LogP contribution in [0.5, 0.6) is 5.75 Å². The van der Waals surface area contributed by atoms with Crippen molar-refractivity contribution >= 4 is 28.0 Å². The highest BCUT2D eigenvalue weighted by atomic mass is 79.9. The van der Waals surface area contributed by atoms with Crippen molar-refractivity contribution < 1.29 is 18.4 Å². The number of furan rings is 1. The SMILES string of the molecule is O=C(C=Cc1ccc(Br)o1)Oc1ccc(-c2nnco2)cc1. The lowest BCUT2D eigenvalue weighted by atomic mass is 10.2. The Morgan fingerprint density at radius 1 is 1.18 bits per heavy atom. The Balaban J connectivity index is 1.63. The third-order valence-corrected chi connectivity index (χ3v) is 3.08. The van der Waals surface area contributed by atoms with Crippen LogP contribution in [0.3, 0.4) is 0 Å². The minimum absolute atomic E-state index is 0.404. The number of benzene rings is 1. The molecule has 0 N–H and O–H groups in total. The van der Waals surface area contributed by atoms with Crippen LogP contribution >= 0.6 is 15.9 Å². The summed E-state index contributed by atoms with van der Waals surface area (Å²) in [5, 5.41) is 7.39. The zero-order chi connectivity index (χ0) is 15.4. The van der Waals surface area contributed by atoms with E-state index in [1.54, 1.807) is 36.4 Å². The predicted octanol–water partition coefficient (Wildman–Crippen LogP) is 3.71. The molecular formula is C15H9BrN2O4. The van der Waals surface area contributed by atoms with E-state index < -0.39 is 5.97 Å². The van der Waals surface area contributed by atoms with Gasteiger partial charge in [-0.3, -0.25) is 0 Å². The molecule has 22 heavy (non-hydrogen) atoms. The maximum atomic E-state index is 11.7. The van der Waals surface area contributed by atoms with E-state index in [0.29, 0.717) is 22.1 Å². The average Bonchev–Trinajstić information content (AvgIpc) is 3.17. The van der Waals surface area contributed by atoms with E-state index in [4.69, 9.17) is 13.6 Å². The molecule has 0 saturated carbocycles. The van der Waals surface area contributed by atoms with Gasteiger partial charge in [-0.05, 0) is 58.4 Å². The van der Waals surface area contributed by atoms with Crippen LogP contribution in [0, 0.1) is 0 Å². The number of carbonyl (C=O) groups excluding carboxylic acids is 1. The monoisotopic (exact) mass is 360 g/mol. The highest BCUT2D eigenvalue weighted by Crippen LogP contribution is 2.20. The molecule has 0 atom stereocenters. The fourth-order valence-electron chi connectivity index (χ4n) is 1.68. The number of aromatic nitrogens is 2. The Labute approximate surface area is 133 Å². The molecule has 110 valence electrons. The van der Waals surface area contributed by atoms with Gasteiger partial charge in [0.1, 0.15) is 11.5 Å². The summed E-state index contributed by atoms with van der Waals surface area (Å²) in [6, 6.07) is 10.2. The van der Waals surface area contributed by atoms with Crippen molar-refractivity contribution in [3.05, 3.63) is 59.3 Å². The predicted molar refractivity (Wildman–Crippen MR) is 80.8 cm³/mol. The Morgan fingerprint density at radius 3 is 2.64 bits per heavy atom. The molecule has 0 aliphatic heterocycles. The van der Waals surface area contributed by atoms with Gasteiger partial charge in [0.2, 0.25) is 12.3 Å². The van der Waals surface area contributed by atoms with Crippen LogP contribution in [0.25, 0.3) is 17.5 Å². The van der Waals surface area contributed by atoms with Gasteiger partial charge in [0.25, 0.3) is 0 Å². The van der Waals surface area contributed by atoms with Crippen LogP contribution in [0.1, 0.15) is 5.76 Å². The molecule has 2 heterocycles. The highest BCUT2D eigenvalue weighted by molar-refractivity contribution is 9.10. The summed E-state index contributed by atoms with van der Waals surface area (Å²) in [7, 11) is 0. The van der Waals surface area contributed by atoms with E-state index >= 15 is 0 Å². The van der Waals surface area contributed by atoms with Crippen molar-refractivity contribution in [1.29, 1.82) is 0 Å². The number of carbonyl (C=O) groups is 1. The lowest BCUT2D eigenvalue weighted by molar-refractivity contribution is -0.128. The molecule has 0 unspecified atom stereocenters. The first-order chi connectivity index (χ1) is 10.7. The van der Waals surface area contributed by atoms with Gasteiger partial charge in [-0.2, -0.15) is 0 Å². The minimum Gasteiger partial charge on any atom is -0.450 e. The number of hydrogen-bond acceptors (Lipinski definition) is 6. The molecule has 0 bridgehead atoms. The second-order valence-corrected chi connectivity index (χ2v) is 4.95. The molecule has 0 amide bonds. The lowest BCUT2D eigenvalue weighted by Gasteiger charge is -2.01. The summed E-state index contributed by atoms with van der Waals surface area (Å²) in [5.41, 5.74) is 0.744. The fraction of sp³-hybridized carbons (Fsp3) is 0. The van der Waals surface area contributed by atoms with Crippen molar-refractivity contribution in [2.45, 2.75) is 0 Å². The molecule has 1 aromatic carbocycles. The first kappa shape index (κ1) is 14.3. The second kappa shape index (κ2) is 6.40. The summed E-state index contributed by atoms with van der Waals surface area (Å²) in [6.45, 7) is 0. The minimum atomic E-state index is -0.502. The van der Waals surface area contributed by atoms with E-state index in [-0.39, 0.29) is 0 Å². The zero-order valence-corrected chi connectivity index (χ0v) is 12.7. The first-order valence-electron chi connectivity index (χ1n) is 6.22. The maximum Gasteiger partial charge on any atom is 0.336 e. The van der Waals surface area contributed by atoms with Gasteiger partial charge in [0, 0.05) is 11.6 Å². The summed E-state index contributed by atoms with van der Waals surface area (Å²) >= 11 is 3.18. The Hall–Kier alpha value is -2.67. The van der Waals surface area contributed by atoms with Gasteiger partial charge in [-0.25, -0.2) is 4.79 Å². The van der Waals surface area contributed by atoms with Crippen LogP contribution in [-0.2, 0) is 4.79 Å². The van der Waals surface area contributed by atoms with Crippen molar-refractivity contribution in [3.8, 4) is 17.2 Å². The van der Waals surface area contributed by atoms with Crippen LogP contribution < -0.4 is 4.74 Å². The fourth-order valence-corrected chi connectivity index (χ4v) is 2.00. The molecule has 7 heteroatoms. The normalized spacial score (nSPS) is 11.0. The van der Waals surface area contributed by atoms with Crippen LogP contribution in [-0.4, -0.2) is 16.2 Å². The van der Waals surface area contributed by atoms with Crippen molar-refractivity contribution in [1.82, 2.24) is 10.2 Å². The molecule has 2 aromatic heterocycles. The molecule has 6 nitrogen and oxygen atoms in total. The standard InChI is InChI=1S/C15H9BrN2O4/c16-13-7-5-11(21-13)6-8-14(19)22-12-3-1-10(2-4-12)15-18-17-9-20-15/h1-9H. The van der Waals surface area contributed by atoms with Crippen LogP contribution in [0.2, 0.25) is 0 Å². The molecule has 0 spiro atoms. The van der Waals surface area contributed by atoms with E-state index in [9.17, 15) is 4.79 Å². The zero-order valence-electron chi connectivity index (χ0n) is 11.1. The number of halogens is 1. The Kier molecular flexibility index (Phi) is 4.15. The summed E-state index contributed by atoms with van der Waals surface area (Å²) in [5.74, 6) is 0.869. The number of rotatable bonds is 4. The summed E-state index contributed by atoms with van der Waals surface area (Å²) < 4.78 is 16.1. The van der Waals surface area contributed by atoms with E-state index in [1.807, 2.05) is 0 Å². The van der Waals surface area contributed by atoms with Gasteiger partial charge in [0.15, 0.2) is 4.67 Å². The van der Waals surface area contributed by atoms with Gasteiger partial charge in [0.05, 0.1) is 0 Å². The Bertz CT molecular complexity index is 791. The highest BCUT2D eigenvalue weighted by Gasteiger charge is 2.05. The summed E-state index contributed by atoms with van der Waals surface area (Å²) in [4.78, 5) is 11.7. The smallest absolute Gasteiger partial charge is 0.336 e. The summed E-state index contributed by atoms with van der Waals surface area (Å²) in [6.07, 6.45) is 4.07. The van der Waals surface area contributed by atoms with E-state index in [0.717, 1.165) is 5.56 Å². The molecule has 3 rings (SSSR count). The molecule has 0 saturated heterocycles. The van der Waals surface area contributed by atoms with Crippen LogP contribution in [0.4, 0.5) is 0 Å². The van der Waals surface area contributed by atoms with Crippen molar-refractivity contribution in [2.75, 3.05) is 0 Å². The maximum absolute atomic E-state index is 11.7. The van der Waals surface area contributed by atoms with Gasteiger partial charge in [-0.15, -0.1) is 10.2 Å². The lowest BCUT2D eigenvalue weighted by Crippen LogP contribution is -2.03. The second-order valence-electron chi connectivity index (χ2n) is 4.16. The van der Waals surface area contributed by atoms with Gasteiger partial charge < -0.3 is 13.6 Å². The van der Waals surface area contributed by atoms with E-state index in [2.05, 4.69) is 26.1 Å². The third-order valence-electron chi connectivity index (χ3n) is 2.66. The molecular weight excluding hydrogens is 352 g/mol. The van der Waals surface area contributed by atoms with Gasteiger partial charge in [-0.1, -0.05) is 0 Å². The third kappa shape index (κ3) is 3.50. The largest absolute Gasteiger partial charge is 0.450 e. The van der Waals surface area contributed by atoms with Gasteiger partial charge >= 0.3 is 5.97 Å². The number of hydrogen-bond donors (Lipinski definition) is 0. The molecule has 0 aliphatic carbocycles.